The molecule has 14 heavy (non-hydrogen) atoms. The van der Waals surface area contributed by atoms with Crippen molar-refractivity contribution in [3.05, 3.63) is 28.8 Å². The van der Waals surface area contributed by atoms with Crippen LogP contribution in [0.2, 0.25) is 0 Å². The van der Waals surface area contributed by atoms with E-state index in [9.17, 15) is 4.79 Å². The van der Waals surface area contributed by atoms with E-state index in [4.69, 9.17) is 15.9 Å². The summed E-state index contributed by atoms with van der Waals surface area (Å²) in [6.07, 6.45) is 3.03. The first-order valence-electron chi connectivity index (χ1n) is 3.95. The van der Waals surface area contributed by atoms with Gasteiger partial charge in [-0.1, -0.05) is 0 Å². The second-order valence-corrected chi connectivity index (χ2v) is 2.63. The minimum atomic E-state index is -0.987. The van der Waals surface area contributed by atoms with Gasteiger partial charge in [0, 0.05) is 12.4 Å². The number of rotatable bonds is 3. The minimum Gasteiger partial charge on any atom is -0.393 e. The van der Waals surface area contributed by atoms with E-state index in [0.29, 0.717) is 0 Å². The van der Waals surface area contributed by atoms with E-state index in [1.807, 2.05) is 0 Å². The molecule has 0 fully saturated rings. The zero-order valence-electron chi connectivity index (χ0n) is 7.37. The van der Waals surface area contributed by atoms with Gasteiger partial charge < -0.3 is 15.9 Å². The number of nitrogens with two attached hydrogens (primary N) is 1. The van der Waals surface area contributed by atoms with Gasteiger partial charge in [-0.2, -0.15) is 4.98 Å². The van der Waals surface area contributed by atoms with Crippen molar-refractivity contribution in [3.8, 4) is 0 Å². The lowest BCUT2D eigenvalue weighted by atomic mass is 10.4. The molecule has 0 amide bonds. The highest BCUT2D eigenvalue weighted by molar-refractivity contribution is 5.29. The molecule has 0 radical (unpaired) electrons. The molecule has 0 aliphatic heterocycles. The van der Waals surface area contributed by atoms with E-state index in [1.165, 1.54) is 24.5 Å². The summed E-state index contributed by atoms with van der Waals surface area (Å²) < 4.78 is 1.15. The lowest BCUT2D eigenvalue weighted by molar-refractivity contribution is 0.131. The molecule has 1 aromatic heterocycles. The third-order valence-corrected chi connectivity index (χ3v) is 1.51. The van der Waals surface area contributed by atoms with Crippen LogP contribution in [0.5, 0.6) is 0 Å². The lowest BCUT2D eigenvalue weighted by Gasteiger charge is -2.00. The van der Waals surface area contributed by atoms with Crippen LogP contribution >= 0.6 is 0 Å². The van der Waals surface area contributed by atoms with E-state index >= 15 is 0 Å². The molecular weight excluding hydrogens is 186 g/mol. The molecule has 0 saturated heterocycles. The minimum absolute atomic E-state index is 0.141. The van der Waals surface area contributed by atoms with Crippen LogP contribution in [-0.2, 0) is 0 Å². The first-order valence-corrected chi connectivity index (χ1v) is 3.95. The summed E-state index contributed by atoms with van der Waals surface area (Å²) in [6.45, 7) is -0.395. The van der Waals surface area contributed by atoms with Gasteiger partial charge in [-0.3, -0.25) is 4.57 Å². The summed E-state index contributed by atoms with van der Waals surface area (Å²) in [7, 11) is 0. The molecule has 1 heterocycles. The molecule has 1 rings (SSSR count). The van der Waals surface area contributed by atoms with Crippen LogP contribution < -0.4 is 11.4 Å². The Morgan fingerprint density at radius 1 is 1.71 bits per heavy atom. The molecule has 6 heteroatoms. The summed E-state index contributed by atoms with van der Waals surface area (Å²) in [6, 6.07) is 1.46. The topological polar surface area (TPSA) is 101 Å². The smallest absolute Gasteiger partial charge is 0.353 e. The van der Waals surface area contributed by atoms with Crippen molar-refractivity contribution >= 4 is 12.0 Å². The van der Waals surface area contributed by atoms with Gasteiger partial charge in [-0.15, -0.1) is 0 Å². The van der Waals surface area contributed by atoms with Crippen molar-refractivity contribution < 1.29 is 10.2 Å². The SMILES string of the molecule is Nc1ccn(/C=C/[C@H](O)CO)c(=O)n1. The second kappa shape index (κ2) is 4.54. The predicted molar refractivity (Wildman–Crippen MR) is 51.3 cm³/mol. The number of hydrogen-bond donors (Lipinski definition) is 3. The highest BCUT2D eigenvalue weighted by Crippen LogP contribution is 1.91. The number of anilines is 1. The fourth-order valence-electron chi connectivity index (χ4n) is 0.792. The Balaban J connectivity index is 2.87. The van der Waals surface area contributed by atoms with Crippen LogP contribution in [0.15, 0.2) is 23.1 Å². The van der Waals surface area contributed by atoms with Crippen LogP contribution in [-0.4, -0.2) is 32.5 Å². The third-order valence-electron chi connectivity index (χ3n) is 1.51. The fourth-order valence-corrected chi connectivity index (χ4v) is 0.792. The molecule has 4 N–H and O–H groups in total. The van der Waals surface area contributed by atoms with Crippen LogP contribution in [0.4, 0.5) is 5.82 Å². The molecular formula is C8H11N3O3. The van der Waals surface area contributed by atoms with Crippen molar-refractivity contribution in [2.75, 3.05) is 12.3 Å². The number of hydrogen-bond acceptors (Lipinski definition) is 5. The molecule has 76 valence electrons. The highest BCUT2D eigenvalue weighted by atomic mass is 16.3. The van der Waals surface area contributed by atoms with Gasteiger partial charge in [0.25, 0.3) is 0 Å². The van der Waals surface area contributed by atoms with E-state index in [-0.39, 0.29) is 5.82 Å². The first-order chi connectivity index (χ1) is 6.63. The fraction of sp³-hybridized carbons (Fsp3) is 0.250. The Labute approximate surface area is 79.9 Å². The monoisotopic (exact) mass is 197 g/mol. The number of aromatic nitrogens is 2. The summed E-state index contributed by atoms with van der Waals surface area (Å²) in [5.74, 6) is 0.141. The van der Waals surface area contributed by atoms with Crippen LogP contribution in [0, 0.1) is 0 Å². The average Bonchev–Trinajstić information content (AvgIpc) is 2.16. The Morgan fingerprint density at radius 2 is 2.43 bits per heavy atom. The molecule has 0 saturated carbocycles. The van der Waals surface area contributed by atoms with E-state index in [1.54, 1.807) is 0 Å². The molecule has 0 unspecified atom stereocenters. The number of nitrogens with zero attached hydrogens (tertiary/aromatic N) is 2. The van der Waals surface area contributed by atoms with E-state index in [2.05, 4.69) is 4.98 Å². The molecule has 0 bridgehead atoms. The highest BCUT2D eigenvalue weighted by Gasteiger charge is 1.96. The molecule has 0 aromatic carbocycles. The van der Waals surface area contributed by atoms with E-state index in [0.717, 1.165) is 4.57 Å². The maximum Gasteiger partial charge on any atom is 0.353 e. The van der Waals surface area contributed by atoms with Crippen molar-refractivity contribution in [1.82, 2.24) is 9.55 Å². The number of aliphatic hydroxyl groups excluding tert-OH is 2. The van der Waals surface area contributed by atoms with Gasteiger partial charge in [-0.05, 0) is 12.1 Å². The van der Waals surface area contributed by atoms with Crippen molar-refractivity contribution in [2.45, 2.75) is 6.10 Å². The van der Waals surface area contributed by atoms with Gasteiger partial charge in [0.15, 0.2) is 0 Å². The van der Waals surface area contributed by atoms with Gasteiger partial charge in [0.05, 0.1) is 12.7 Å². The normalized spacial score (nSPS) is 13.3. The lowest BCUT2D eigenvalue weighted by Crippen LogP contribution is -2.20. The maximum absolute atomic E-state index is 11.1. The molecule has 0 spiro atoms. The van der Waals surface area contributed by atoms with Gasteiger partial charge >= 0.3 is 5.69 Å². The van der Waals surface area contributed by atoms with Gasteiger partial charge in [0.2, 0.25) is 0 Å². The molecule has 6 nitrogen and oxygen atoms in total. The molecule has 1 aromatic rings. The van der Waals surface area contributed by atoms with Crippen molar-refractivity contribution in [1.29, 1.82) is 0 Å². The molecule has 1 atom stereocenters. The predicted octanol–water partition coefficient (Wildman–Crippen LogP) is -1.35. The van der Waals surface area contributed by atoms with Crippen LogP contribution in [0.1, 0.15) is 0 Å². The van der Waals surface area contributed by atoms with Crippen LogP contribution in [0.3, 0.4) is 0 Å². The summed E-state index contributed by atoms with van der Waals surface area (Å²) in [5, 5.41) is 17.5. The Kier molecular flexibility index (Phi) is 3.38. The third kappa shape index (κ3) is 2.68. The summed E-state index contributed by atoms with van der Waals surface area (Å²) >= 11 is 0. The van der Waals surface area contributed by atoms with Gasteiger partial charge in [-0.25, -0.2) is 4.79 Å². The molecule has 0 aliphatic carbocycles. The molecule has 0 aliphatic rings. The summed E-state index contributed by atoms with van der Waals surface area (Å²) in [4.78, 5) is 14.6. The number of aliphatic hydroxyl groups is 2. The Hall–Kier alpha value is -1.66. The quantitative estimate of drug-likeness (QED) is 0.556. The van der Waals surface area contributed by atoms with E-state index < -0.39 is 18.4 Å². The number of nitrogen functional groups attached to an aromatic ring is 1. The zero-order valence-corrected chi connectivity index (χ0v) is 7.37. The Morgan fingerprint density at radius 3 is 3.00 bits per heavy atom. The van der Waals surface area contributed by atoms with Crippen LogP contribution in [0.25, 0.3) is 6.20 Å². The zero-order chi connectivity index (χ0) is 10.6. The second-order valence-electron chi connectivity index (χ2n) is 2.63. The first kappa shape index (κ1) is 10.4. The average molecular weight is 197 g/mol. The summed E-state index contributed by atoms with van der Waals surface area (Å²) in [5.41, 5.74) is 4.74. The maximum atomic E-state index is 11.1. The van der Waals surface area contributed by atoms with Crippen molar-refractivity contribution in [3.63, 3.8) is 0 Å². The van der Waals surface area contributed by atoms with Gasteiger partial charge in [0.1, 0.15) is 5.82 Å². The Bertz CT molecular complexity index is 386. The standard InChI is InChI=1S/C8H11N3O3/c9-7-2-4-11(8(14)10-7)3-1-6(13)5-12/h1-4,6,12-13H,5H2,(H2,9,10,14)/b3-1+/t6-/m0/s1. The van der Waals surface area contributed by atoms with Crippen molar-refractivity contribution in [2.24, 2.45) is 0 Å². The largest absolute Gasteiger partial charge is 0.393 e.